The Morgan fingerprint density at radius 3 is 2.77 bits per heavy atom. The maximum Gasteiger partial charge on any atom is 0.321 e. The standard InChI is InChI=1S/C10H15ClO2/c1-9-4-2-3-5-10(9,7-9)13-8(12)6-11/h2-7H2,1H3. The van der Waals surface area contributed by atoms with E-state index in [0.29, 0.717) is 0 Å². The van der Waals surface area contributed by atoms with Crippen molar-refractivity contribution < 1.29 is 9.53 Å². The summed E-state index contributed by atoms with van der Waals surface area (Å²) < 4.78 is 5.43. The van der Waals surface area contributed by atoms with Crippen LogP contribution in [0.1, 0.15) is 39.0 Å². The predicted octanol–water partition coefficient (Wildman–Crippen LogP) is 2.49. The minimum absolute atomic E-state index is 0.0160. The molecule has 2 aliphatic carbocycles. The largest absolute Gasteiger partial charge is 0.458 e. The molecule has 2 aliphatic rings. The Morgan fingerprint density at radius 2 is 2.15 bits per heavy atom. The smallest absolute Gasteiger partial charge is 0.321 e. The van der Waals surface area contributed by atoms with Gasteiger partial charge in [0.1, 0.15) is 11.5 Å². The van der Waals surface area contributed by atoms with E-state index in [4.69, 9.17) is 16.3 Å². The number of carbonyl (C=O) groups is 1. The SMILES string of the molecule is CC12CCCCC1(OC(=O)CCl)C2. The van der Waals surface area contributed by atoms with Gasteiger partial charge in [-0.1, -0.05) is 13.3 Å². The molecule has 2 fully saturated rings. The molecule has 0 aromatic heterocycles. The van der Waals surface area contributed by atoms with Crippen LogP contribution in [0.2, 0.25) is 0 Å². The van der Waals surface area contributed by atoms with Crippen LogP contribution in [0.5, 0.6) is 0 Å². The van der Waals surface area contributed by atoms with Gasteiger partial charge in [0.15, 0.2) is 0 Å². The van der Waals surface area contributed by atoms with Crippen molar-refractivity contribution in [3.63, 3.8) is 0 Å². The summed E-state index contributed by atoms with van der Waals surface area (Å²) in [6.45, 7) is 2.22. The fraction of sp³-hybridized carbons (Fsp3) is 0.900. The van der Waals surface area contributed by atoms with E-state index in [1.165, 1.54) is 19.3 Å². The molecule has 0 saturated heterocycles. The topological polar surface area (TPSA) is 26.3 Å². The molecule has 2 atom stereocenters. The fourth-order valence-electron chi connectivity index (χ4n) is 2.67. The van der Waals surface area contributed by atoms with Crippen molar-refractivity contribution in [1.82, 2.24) is 0 Å². The summed E-state index contributed by atoms with van der Waals surface area (Å²) in [6, 6.07) is 0. The van der Waals surface area contributed by atoms with Gasteiger partial charge in [-0.3, -0.25) is 4.79 Å². The highest BCUT2D eigenvalue weighted by atomic mass is 35.5. The molecule has 0 heterocycles. The quantitative estimate of drug-likeness (QED) is 0.508. The van der Waals surface area contributed by atoms with E-state index < -0.39 is 0 Å². The van der Waals surface area contributed by atoms with Crippen LogP contribution in [0.3, 0.4) is 0 Å². The molecule has 0 amide bonds. The number of alkyl halides is 1. The third-order valence-electron chi connectivity index (χ3n) is 3.63. The number of esters is 1. The molecule has 0 spiro atoms. The highest BCUT2D eigenvalue weighted by Crippen LogP contribution is 2.66. The Bertz CT molecular complexity index is 237. The average molecular weight is 203 g/mol. The lowest BCUT2D eigenvalue weighted by Crippen LogP contribution is -2.29. The molecule has 2 nitrogen and oxygen atoms in total. The van der Waals surface area contributed by atoms with Crippen LogP contribution in [0.15, 0.2) is 0 Å². The summed E-state index contributed by atoms with van der Waals surface area (Å²) in [5.41, 5.74) is 0.143. The molecule has 2 saturated carbocycles. The molecule has 3 heteroatoms. The van der Waals surface area contributed by atoms with Gasteiger partial charge >= 0.3 is 5.97 Å². The molecule has 0 aromatic rings. The van der Waals surface area contributed by atoms with Crippen LogP contribution in [-0.4, -0.2) is 17.5 Å². The van der Waals surface area contributed by atoms with E-state index in [-0.39, 0.29) is 22.9 Å². The van der Waals surface area contributed by atoms with E-state index in [2.05, 4.69) is 6.92 Å². The van der Waals surface area contributed by atoms with Gasteiger partial charge in [0.05, 0.1) is 0 Å². The Morgan fingerprint density at radius 1 is 1.46 bits per heavy atom. The average Bonchev–Trinajstić information content (AvgIpc) is 2.70. The molecule has 2 rings (SSSR count). The predicted molar refractivity (Wildman–Crippen MR) is 50.7 cm³/mol. The summed E-state index contributed by atoms with van der Waals surface area (Å²) in [4.78, 5) is 11.1. The van der Waals surface area contributed by atoms with Gasteiger partial charge in [-0.2, -0.15) is 0 Å². The molecule has 0 aliphatic heterocycles. The maximum absolute atomic E-state index is 11.1. The summed E-state index contributed by atoms with van der Waals surface area (Å²) in [5.74, 6) is -0.273. The van der Waals surface area contributed by atoms with Crippen molar-refractivity contribution >= 4 is 17.6 Å². The molecule has 0 bridgehead atoms. The maximum atomic E-state index is 11.1. The van der Waals surface area contributed by atoms with Gasteiger partial charge in [0.25, 0.3) is 0 Å². The van der Waals surface area contributed by atoms with Crippen LogP contribution in [0.4, 0.5) is 0 Å². The number of halogens is 1. The van der Waals surface area contributed by atoms with E-state index in [0.717, 1.165) is 12.8 Å². The summed E-state index contributed by atoms with van der Waals surface area (Å²) >= 11 is 5.42. The number of fused-ring (bicyclic) bond motifs is 1. The lowest BCUT2D eigenvalue weighted by Gasteiger charge is -2.27. The summed E-state index contributed by atoms with van der Waals surface area (Å²) in [5, 5.41) is 0. The molecule has 13 heavy (non-hydrogen) atoms. The van der Waals surface area contributed by atoms with E-state index in [1.54, 1.807) is 0 Å². The van der Waals surface area contributed by atoms with Crippen molar-refractivity contribution in [2.45, 2.75) is 44.6 Å². The van der Waals surface area contributed by atoms with Crippen molar-refractivity contribution in [2.75, 3.05) is 5.88 Å². The Labute approximate surface area is 83.6 Å². The molecule has 0 N–H and O–H groups in total. The third kappa shape index (κ3) is 1.35. The van der Waals surface area contributed by atoms with Crippen molar-refractivity contribution in [3.8, 4) is 0 Å². The monoisotopic (exact) mass is 202 g/mol. The Hall–Kier alpha value is -0.240. The van der Waals surface area contributed by atoms with Gasteiger partial charge in [0, 0.05) is 5.41 Å². The lowest BCUT2D eigenvalue weighted by molar-refractivity contribution is -0.152. The van der Waals surface area contributed by atoms with Crippen LogP contribution < -0.4 is 0 Å². The second kappa shape index (κ2) is 2.88. The first kappa shape index (κ1) is 9.32. The van der Waals surface area contributed by atoms with Gasteiger partial charge in [-0.05, 0) is 25.7 Å². The fourth-order valence-corrected chi connectivity index (χ4v) is 2.73. The lowest BCUT2D eigenvalue weighted by atomic mass is 9.88. The van der Waals surface area contributed by atoms with Crippen molar-refractivity contribution in [3.05, 3.63) is 0 Å². The van der Waals surface area contributed by atoms with Crippen LogP contribution in [0, 0.1) is 5.41 Å². The number of rotatable bonds is 2. The van der Waals surface area contributed by atoms with Crippen molar-refractivity contribution in [2.24, 2.45) is 5.41 Å². The summed E-state index contributed by atoms with van der Waals surface area (Å²) in [6.07, 6.45) is 5.74. The Balaban J connectivity index is 2.02. The molecular formula is C10H15ClO2. The van der Waals surface area contributed by atoms with Crippen LogP contribution in [0.25, 0.3) is 0 Å². The zero-order valence-electron chi connectivity index (χ0n) is 7.94. The molecule has 2 unspecified atom stereocenters. The van der Waals surface area contributed by atoms with Gasteiger partial charge in [-0.25, -0.2) is 0 Å². The summed E-state index contributed by atoms with van der Waals surface area (Å²) in [7, 11) is 0. The zero-order chi connectivity index (χ0) is 9.53. The molecule has 74 valence electrons. The second-order valence-corrected chi connectivity index (χ2v) is 4.81. The molecule has 0 radical (unpaired) electrons. The number of hydrogen-bond donors (Lipinski definition) is 0. The first-order valence-corrected chi connectivity index (χ1v) is 5.43. The number of ether oxygens (including phenoxy) is 1. The van der Waals surface area contributed by atoms with Crippen LogP contribution in [-0.2, 0) is 9.53 Å². The van der Waals surface area contributed by atoms with E-state index in [9.17, 15) is 4.79 Å². The first-order chi connectivity index (χ1) is 6.12. The van der Waals surface area contributed by atoms with E-state index in [1.807, 2.05) is 0 Å². The minimum atomic E-state index is -0.257. The van der Waals surface area contributed by atoms with E-state index >= 15 is 0 Å². The normalized spacial score (nSPS) is 42.3. The van der Waals surface area contributed by atoms with Crippen molar-refractivity contribution in [1.29, 1.82) is 0 Å². The second-order valence-electron chi connectivity index (χ2n) is 4.55. The highest BCUT2D eigenvalue weighted by molar-refractivity contribution is 6.26. The van der Waals surface area contributed by atoms with Gasteiger partial charge < -0.3 is 4.74 Å². The third-order valence-corrected chi connectivity index (χ3v) is 3.85. The van der Waals surface area contributed by atoms with Crippen LogP contribution >= 0.6 is 11.6 Å². The Kier molecular flexibility index (Phi) is 2.06. The van der Waals surface area contributed by atoms with Gasteiger partial charge in [-0.15, -0.1) is 11.6 Å². The highest BCUT2D eigenvalue weighted by Gasteiger charge is 2.67. The zero-order valence-corrected chi connectivity index (χ0v) is 8.69. The van der Waals surface area contributed by atoms with Gasteiger partial charge in [0.2, 0.25) is 0 Å². The molecular weight excluding hydrogens is 188 g/mol. The number of hydrogen-bond acceptors (Lipinski definition) is 2. The molecule has 0 aromatic carbocycles. The first-order valence-electron chi connectivity index (χ1n) is 4.90. The number of carbonyl (C=O) groups excluding carboxylic acids is 1. The minimum Gasteiger partial charge on any atom is -0.458 e.